The summed E-state index contributed by atoms with van der Waals surface area (Å²) in [4.78, 5) is 21.3. The molecule has 0 atom stereocenters. The molecule has 0 spiro atoms. The summed E-state index contributed by atoms with van der Waals surface area (Å²) in [6, 6.07) is 3.07. The summed E-state index contributed by atoms with van der Waals surface area (Å²) in [6.07, 6.45) is 4.18. The van der Waals surface area contributed by atoms with Crippen LogP contribution in [-0.4, -0.2) is 26.4 Å². The van der Waals surface area contributed by atoms with Crippen molar-refractivity contribution >= 4 is 11.5 Å². The van der Waals surface area contributed by atoms with Crippen molar-refractivity contribution in [2.24, 2.45) is 0 Å². The summed E-state index contributed by atoms with van der Waals surface area (Å²) in [5.41, 5.74) is 1.47. The molecule has 2 rings (SSSR count). The third-order valence-electron chi connectivity index (χ3n) is 2.51. The molecule has 18 heavy (non-hydrogen) atoms. The zero-order valence-corrected chi connectivity index (χ0v) is 9.88. The third-order valence-corrected chi connectivity index (χ3v) is 2.51. The maximum atomic E-state index is 10.6. The van der Waals surface area contributed by atoms with Gasteiger partial charge in [0.15, 0.2) is 0 Å². The second-order valence-electron chi connectivity index (χ2n) is 3.81. The molecule has 7 heteroatoms. The van der Waals surface area contributed by atoms with Crippen LogP contribution in [0.2, 0.25) is 0 Å². The van der Waals surface area contributed by atoms with Gasteiger partial charge in [0.1, 0.15) is 11.5 Å². The molecule has 0 aliphatic heterocycles. The molecule has 0 bridgehead atoms. The summed E-state index contributed by atoms with van der Waals surface area (Å²) in [7, 11) is 0. The highest BCUT2D eigenvalue weighted by molar-refractivity contribution is 5.44. The van der Waals surface area contributed by atoms with E-state index < -0.39 is 4.92 Å². The van der Waals surface area contributed by atoms with Crippen molar-refractivity contribution in [3.63, 3.8) is 0 Å². The Hall–Kier alpha value is -2.44. The number of rotatable bonds is 5. The molecule has 0 unspecified atom stereocenters. The van der Waals surface area contributed by atoms with Gasteiger partial charge in [-0.25, -0.2) is 9.97 Å². The summed E-state index contributed by atoms with van der Waals surface area (Å²) in [6.45, 7) is 2.31. The molecule has 94 valence electrons. The lowest BCUT2D eigenvalue weighted by Crippen LogP contribution is -2.07. The summed E-state index contributed by atoms with van der Waals surface area (Å²) >= 11 is 0. The Morgan fingerprint density at radius 2 is 2.33 bits per heavy atom. The molecular formula is C11H13N5O2. The standard InChI is InChI=1S/C11H13N5O2/c1-8-10(16(17)18)2-3-11(15-8)13-5-4-9-6-12-7-14-9/h2-3,6-7H,4-5H2,1H3,(H,12,14)(H,13,15). The quantitative estimate of drug-likeness (QED) is 0.618. The van der Waals surface area contributed by atoms with Crippen molar-refractivity contribution in [3.05, 3.63) is 46.2 Å². The number of nitrogens with zero attached hydrogens (tertiary/aromatic N) is 3. The fourth-order valence-corrected chi connectivity index (χ4v) is 1.59. The Bertz CT molecular complexity index is 538. The van der Waals surface area contributed by atoms with Gasteiger partial charge in [-0.1, -0.05) is 0 Å². The molecule has 0 amide bonds. The molecule has 7 nitrogen and oxygen atoms in total. The van der Waals surface area contributed by atoms with Gasteiger partial charge >= 0.3 is 0 Å². The van der Waals surface area contributed by atoms with Gasteiger partial charge in [0.25, 0.3) is 5.69 Å². The van der Waals surface area contributed by atoms with Crippen LogP contribution < -0.4 is 5.32 Å². The van der Waals surface area contributed by atoms with E-state index in [-0.39, 0.29) is 5.69 Å². The Morgan fingerprint density at radius 3 is 2.94 bits per heavy atom. The molecule has 0 saturated carbocycles. The van der Waals surface area contributed by atoms with Gasteiger partial charge in [0.05, 0.1) is 11.3 Å². The topological polar surface area (TPSA) is 96.7 Å². The monoisotopic (exact) mass is 247 g/mol. The normalized spacial score (nSPS) is 10.3. The Balaban J connectivity index is 1.94. The molecule has 0 saturated heterocycles. The number of pyridine rings is 1. The Kier molecular flexibility index (Phi) is 3.52. The van der Waals surface area contributed by atoms with Crippen LogP contribution in [0.25, 0.3) is 0 Å². The van der Waals surface area contributed by atoms with E-state index in [9.17, 15) is 10.1 Å². The number of imidazole rings is 1. The predicted octanol–water partition coefficient (Wildman–Crippen LogP) is 1.68. The number of aromatic nitrogens is 3. The fourth-order valence-electron chi connectivity index (χ4n) is 1.59. The van der Waals surface area contributed by atoms with E-state index in [1.54, 1.807) is 25.5 Å². The maximum Gasteiger partial charge on any atom is 0.290 e. The van der Waals surface area contributed by atoms with Gasteiger partial charge in [-0.2, -0.15) is 0 Å². The van der Waals surface area contributed by atoms with Gasteiger partial charge in [-0.15, -0.1) is 0 Å². The van der Waals surface area contributed by atoms with E-state index >= 15 is 0 Å². The highest BCUT2D eigenvalue weighted by Crippen LogP contribution is 2.17. The van der Waals surface area contributed by atoms with Crippen molar-refractivity contribution in [2.45, 2.75) is 13.3 Å². The fraction of sp³-hybridized carbons (Fsp3) is 0.273. The number of anilines is 1. The zero-order valence-electron chi connectivity index (χ0n) is 9.88. The zero-order chi connectivity index (χ0) is 13.0. The first kappa shape index (κ1) is 12.0. The maximum absolute atomic E-state index is 10.6. The lowest BCUT2D eigenvalue weighted by molar-refractivity contribution is -0.385. The average molecular weight is 247 g/mol. The van der Waals surface area contributed by atoms with Crippen LogP contribution in [0.5, 0.6) is 0 Å². The number of nitro groups is 1. The molecule has 2 aromatic heterocycles. The van der Waals surface area contributed by atoms with Crippen molar-refractivity contribution in [1.82, 2.24) is 15.0 Å². The average Bonchev–Trinajstić information content (AvgIpc) is 2.81. The molecular weight excluding hydrogens is 234 g/mol. The Labute approximate surface area is 103 Å². The van der Waals surface area contributed by atoms with E-state index in [4.69, 9.17) is 0 Å². The lowest BCUT2D eigenvalue weighted by Gasteiger charge is -2.05. The summed E-state index contributed by atoms with van der Waals surface area (Å²) in [5, 5.41) is 13.7. The number of H-pyrrole nitrogens is 1. The second-order valence-corrected chi connectivity index (χ2v) is 3.81. The molecule has 0 aliphatic rings. The number of hydrogen-bond donors (Lipinski definition) is 2. The SMILES string of the molecule is Cc1nc(NCCc2cnc[nH]2)ccc1[N+](=O)[O-]. The first-order chi connectivity index (χ1) is 8.66. The lowest BCUT2D eigenvalue weighted by atomic mass is 10.3. The van der Waals surface area contributed by atoms with Crippen LogP contribution in [0, 0.1) is 17.0 Å². The van der Waals surface area contributed by atoms with E-state index in [1.807, 2.05) is 0 Å². The summed E-state index contributed by atoms with van der Waals surface area (Å²) in [5.74, 6) is 0.637. The van der Waals surface area contributed by atoms with Gasteiger partial charge in [-0.05, 0) is 13.0 Å². The van der Waals surface area contributed by atoms with E-state index in [0.717, 1.165) is 12.1 Å². The molecule has 2 N–H and O–H groups in total. The minimum absolute atomic E-state index is 0.0362. The molecule has 2 heterocycles. The van der Waals surface area contributed by atoms with Crippen LogP contribution in [0.4, 0.5) is 11.5 Å². The first-order valence-corrected chi connectivity index (χ1v) is 5.50. The van der Waals surface area contributed by atoms with Gasteiger partial charge < -0.3 is 10.3 Å². The van der Waals surface area contributed by atoms with Crippen molar-refractivity contribution in [2.75, 3.05) is 11.9 Å². The van der Waals surface area contributed by atoms with Crippen LogP contribution >= 0.6 is 0 Å². The van der Waals surface area contributed by atoms with Crippen LogP contribution in [0.3, 0.4) is 0 Å². The third kappa shape index (κ3) is 2.82. The van der Waals surface area contributed by atoms with Crippen LogP contribution in [0.15, 0.2) is 24.7 Å². The van der Waals surface area contributed by atoms with Gasteiger partial charge in [0, 0.05) is 30.9 Å². The molecule has 0 aliphatic carbocycles. The largest absolute Gasteiger partial charge is 0.370 e. The number of hydrogen-bond acceptors (Lipinski definition) is 5. The van der Waals surface area contributed by atoms with Crippen molar-refractivity contribution < 1.29 is 4.92 Å². The van der Waals surface area contributed by atoms with E-state index in [1.165, 1.54) is 6.07 Å². The minimum Gasteiger partial charge on any atom is -0.370 e. The van der Waals surface area contributed by atoms with Crippen LogP contribution in [0.1, 0.15) is 11.4 Å². The Morgan fingerprint density at radius 1 is 1.50 bits per heavy atom. The first-order valence-electron chi connectivity index (χ1n) is 5.50. The van der Waals surface area contributed by atoms with Crippen molar-refractivity contribution in [1.29, 1.82) is 0 Å². The second kappa shape index (κ2) is 5.26. The van der Waals surface area contributed by atoms with E-state index in [0.29, 0.717) is 18.1 Å². The molecule has 0 radical (unpaired) electrons. The smallest absolute Gasteiger partial charge is 0.290 e. The molecule has 0 aromatic carbocycles. The van der Waals surface area contributed by atoms with Crippen molar-refractivity contribution in [3.8, 4) is 0 Å². The molecule has 0 fully saturated rings. The number of aromatic amines is 1. The highest BCUT2D eigenvalue weighted by atomic mass is 16.6. The van der Waals surface area contributed by atoms with E-state index in [2.05, 4.69) is 20.3 Å². The molecule has 2 aromatic rings. The van der Waals surface area contributed by atoms with Gasteiger partial charge in [0.2, 0.25) is 0 Å². The number of aryl methyl sites for hydroxylation is 1. The highest BCUT2D eigenvalue weighted by Gasteiger charge is 2.11. The van der Waals surface area contributed by atoms with Crippen LogP contribution in [-0.2, 0) is 6.42 Å². The number of nitrogens with one attached hydrogen (secondary N) is 2. The minimum atomic E-state index is -0.434. The summed E-state index contributed by atoms with van der Waals surface area (Å²) < 4.78 is 0. The predicted molar refractivity (Wildman–Crippen MR) is 66.4 cm³/mol. The van der Waals surface area contributed by atoms with Gasteiger partial charge in [-0.3, -0.25) is 10.1 Å².